The highest BCUT2D eigenvalue weighted by molar-refractivity contribution is 6.06. The van der Waals surface area contributed by atoms with Crippen molar-refractivity contribution in [2.75, 3.05) is 0 Å². The van der Waals surface area contributed by atoms with Crippen LogP contribution in [-0.2, 0) is 27.4 Å². The number of benzene rings is 2. The molecule has 0 aliphatic heterocycles. The number of Topliss-reactive ketones (excluding diaryl/α,β-unsaturated/α-hetero) is 1. The molecule has 1 aliphatic carbocycles. The van der Waals surface area contributed by atoms with Gasteiger partial charge in [0.05, 0.1) is 0 Å². The van der Waals surface area contributed by atoms with Gasteiger partial charge in [-0.15, -0.1) is 0 Å². The normalized spacial score (nSPS) is 13.3. The van der Waals surface area contributed by atoms with Crippen LogP contribution in [0.5, 0.6) is 5.75 Å². The summed E-state index contributed by atoms with van der Waals surface area (Å²) in [6.07, 6.45) is 4.75. The van der Waals surface area contributed by atoms with Crippen LogP contribution in [0, 0.1) is 18.3 Å². The summed E-state index contributed by atoms with van der Waals surface area (Å²) in [5.74, 6) is 5.52. The van der Waals surface area contributed by atoms with Crippen molar-refractivity contribution in [3.05, 3.63) is 83.3 Å². The van der Waals surface area contributed by atoms with E-state index in [9.17, 15) is 9.59 Å². The molecule has 165 valence electrons. The van der Waals surface area contributed by atoms with E-state index in [1.807, 2.05) is 88.7 Å². The van der Waals surface area contributed by atoms with E-state index in [0.717, 1.165) is 28.0 Å². The monoisotopic (exact) mass is 429 g/mol. The van der Waals surface area contributed by atoms with Gasteiger partial charge in [0.1, 0.15) is 18.0 Å². The molecule has 4 heteroatoms. The Kier molecular flexibility index (Phi) is 7.53. The Balaban J connectivity index is 1.72. The molecule has 0 N–H and O–H groups in total. The molecule has 0 spiro atoms. The third-order valence-corrected chi connectivity index (χ3v) is 4.95. The SMILES string of the molecule is CC(C(=O)C1=C[CH]1)c1ccc(OCc2ccccc2)cc1CCC#CC(=O)OC(C)(C)C. The van der Waals surface area contributed by atoms with Crippen LogP contribution in [0.25, 0.3) is 0 Å². The summed E-state index contributed by atoms with van der Waals surface area (Å²) in [4.78, 5) is 24.4. The zero-order valence-corrected chi connectivity index (χ0v) is 19.1. The van der Waals surface area contributed by atoms with Gasteiger partial charge >= 0.3 is 5.97 Å². The summed E-state index contributed by atoms with van der Waals surface area (Å²) >= 11 is 0. The number of carbonyl (C=O) groups excluding carboxylic acids is 2. The van der Waals surface area contributed by atoms with Crippen LogP contribution < -0.4 is 4.74 Å². The first-order valence-corrected chi connectivity index (χ1v) is 10.8. The standard InChI is InChI=1S/C28H29O4/c1-20(27(30)22-14-15-22)25-17-16-24(31-19-21-10-6-5-7-11-21)18-23(25)12-8-9-13-26(29)32-28(2,3)4/h5-7,10-11,14-18,20H,8,12,19H2,1-4H3. The molecule has 32 heavy (non-hydrogen) atoms. The first kappa shape index (κ1) is 23.3. The van der Waals surface area contributed by atoms with E-state index >= 15 is 0 Å². The lowest BCUT2D eigenvalue weighted by atomic mass is 9.89. The van der Waals surface area contributed by atoms with Crippen molar-refractivity contribution in [2.45, 2.75) is 58.7 Å². The van der Waals surface area contributed by atoms with E-state index in [2.05, 4.69) is 11.8 Å². The molecule has 0 fully saturated rings. The number of hydrogen-bond donors (Lipinski definition) is 0. The predicted octanol–water partition coefficient (Wildman–Crippen LogP) is 5.36. The topological polar surface area (TPSA) is 52.6 Å². The van der Waals surface area contributed by atoms with Crippen LogP contribution in [0.2, 0.25) is 0 Å². The molecule has 0 saturated heterocycles. The summed E-state index contributed by atoms with van der Waals surface area (Å²) in [7, 11) is 0. The van der Waals surface area contributed by atoms with Gasteiger partial charge in [-0.1, -0.05) is 55.3 Å². The van der Waals surface area contributed by atoms with Crippen molar-refractivity contribution in [1.82, 2.24) is 0 Å². The van der Waals surface area contributed by atoms with Crippen molar-refractivity contribution >= 4 is 11.8 Å². The molecular formula is C28H29O4. The van der Waals surface area contributed by atoms with E-state index < -0.39 is 11.6 Å². The van der Waals surface area contributed by atoms with Gasteiger partial charge in [-0.3, -0.25) is 4.79 Å². The average Bonchev–Trinajstić information content (AvgIpc) is 3.59. The highest BCUT2D eigenvalue weighted by atomic mass is 16.6. The molecule has 0 saturated carbocycles. The lowest BCUT2D eigenvalue weighted by Gasteiger charge is -2.17. The van der Waals surface area contributed by atoms with Crippen molar-refractivity contribution in [2.24, 2.45) is 0 Å². The van der Waals surface area contributed by atoms with Crippen LogP contribution in [0.4, 0.5) is 0 Å². The minimum absolute atomic E-state index is 0.115. The van der Waals surface area contributed by atoms with Gasteiger partial charge < -0.3 is 9.47 Å². The lowest BCUT2D eigenvalue weighted by molar-refractivity contribution is -0.147. The van der Waals surface area contributed by atoms with Gasteiger partial charge in [0.15, 0.2) is 5.78 Å². The second-order valence-corrected chi connectivity index (χ2v) is 8.81. The molecule has 1 atom stereocenters. The van der Waals surface area contributed by atoms with Crippen molar-refractivity contribution < 1.29 is 19.1 Å². The average molecular weight is 430 g/mol. The number of rotatable bonds is 8. The number of hydrogen-bond acceptors (Lipinski definition) is 4. The fourth-order valence-corrected chi connectivity index (χ4v) is 3.28. The van der Waals surface area contributed by atoms with Crippen molar-refractivity contribution in [3.8, 4) is 17.6 Å². The molecule has 0 heterocycles. The minimum Gasteiger partial charge on any atom is -0.489 e. The Morgan fingerprint density at radius 1 is 1.06 bits per heavy atom. The Hall–Kier alpha value is -3.32. The van der Waals surface area contributed by atoms with Gasteiger partial charge in [0.25, 0.3) is 0 Å². The highest BCUT2D eigenvalue weighted by Gasteiger charge is 2.26. The van der Waals surface area contributed by atoms with E-state index in [1.165, 1.54) is 0 Å². The highest BCUT2D eigenvalue weighted by Crippen LogP contribution is 2.31. The first-order valence-electron chi connectivity index (χ1n) is 10.8. The van der Waals surface area contributed by atoms with Crippen LogP contribution in [0.3, 0.4) is 0 Å². The van der Waals surface area contributed by atoms with Crippen molar-refractivity contribution in [1.29, 1.82) is 0 Å². The van der Waals surface area contributed by atoms with Gasteiger partial charge in [-0.2, -0.15) is 0 Å². The smallest absolute Gasteiger partial charge is 0.384 e. The van der Waals surface area contributed by atoms with Crippen LogP contribution in [0.1, 0.15) is 56.7 Å². The lowest BCUT2D eigenvalue weighted by Crippen LogP contribution is -2.22. The molecule has 1 unspecified atom stereocenters. The molecule has 4 nitrogen and oxygen atoms in total. The van der Waals surface area contributed by atoms with Crippen molar-refractivity contribution in [3.63, 3.8) is 0 Å². The zero-order chi connectivity index (χ0) is 23.1. The van der Waals surface area contributed by atoms with Gasteiger partial charge in [0.2, 0.25) is 0 Å². The predicted molar refractivity (Wildman–Crippen MR) is 125 cm³/mol. The molecule has 2 aromatic rings. The first-order chi connectivity index (χ1) is 15.2. The minimum atomic E-state index is -0.562. The number of carbonyl (C=O) groups is 2. The maximum absolute atomic E-state index is 12.6. The number of aryl methyl sites for hydroxylation is 1. The summed E-state index contributed by atoms with van der Waals surface area (Å²) in [6.45, 7) is 7.82. The third-order valence-electron chi connectivity index (χ3n) is 4.95. The second kappa shape index (κ2) is 10.3. The number of ether oxygens (including phenoxy) is 2. The Bertz CT molecular complexity index is 1060. The Morgan fingerprint density at radius 3 is 2.44 bits per heavy atom. The molecule has 0 aromatic heterocycles. The van der Waals surface area contributed by atoms with Crippen LogP contribution >= 0.6 is 0 Å². The van der Waals surface area contributed by atoms with E-state index in [-0.39, 0.29) is 11.7 Å². The van der Waals surface area contributed by atoms with Gasteiger partial charge in [0, 0.05) is 30.3 Å². The Labute approximate surface area is 190 Å². The number of allylic oxidation sites excluding steroid dienone is 2. The van der Waals surface area contributed by atoms with Crippen LogP contribution in [0.15, 0.2) is 60.2 Å². The second-order valence-electron chi connectivity index (χ2n) is 8.81. The fourth-order valence-electron chi connectivity index (χ4n) is 3.28. The molecule has 3 rings (SSSR count). The molecule has 1 aliphatic rings. The number of ketones is 1. The third kappa shape index (κ3) is 7.13. The van der Waals surface area contributed by atoms with E-state index in [4.69, 9.17) is 9.47 Å². The van der Waals surface area contributed by atoms with Gasteiger partial charge in [-0.05, 0) is 56.0 Å². The largest absolute Gasteiger partial charge is 0.489 e. The quantitative estimate of drug-likeness (QED) is 0.322. The molecular weight excluding hydrogens is 400 g/mol. The maximum Gasteiger partial charge on any atom is 0.384 e. The molecule has 2 aromatic carbocycles. The van der Waals surface area contributed by atoms with E-state index in [0.29, 0.717) is 19.4 Å². The maximum atomic E-state index is 12.6. The zero-order valence-electron chi connectivity index (χ0n) is 19.1. The number of esters is 1. The summed E-state index contributed by atoms with van der Waals surface area (Å²) in [5, 5.41) is 0. The molecule has 1 radical (unpaired) electrons. The van der Waals surface area contributed by atoms with Crippen LogP contribution in [-0.4, -0.2) is 17.4 Å². The Morgan fingerprint density at radius 2 is 1.78 bits per heavy atom. The van der Waals surface area contributed by atoms with E-state index in [1.54, 1.807) is 0 Å². The summed E-state index contributed by atoms with van der Waals surface area (Å²) in [5.41, 5.74) is 3.25. The fraction of sp³-hybridized carbons (Fsp3) is 0.321. The van der Waals surface area contributed by atoms with Gasteiger partial charge in [-0.25, -0.2) is 4.79 Å². The summed E-state index contributed by atoms with van der Waals surface area (Å²) < 4.78 is 11.2. The summed E-state index contributed by atoms with van der Waals surface area (Å²) in [6, 6.07) is 15.8. The molecule has 0 amide bonds. The molecule has 0 bridgehead atoms.